The number of halogens is 2. The Hall–Kier alpha value is -3.65. The highest BCUT2D eigenvalue weighted by Crippen LogP contribution is 2.31. The van der Waals surface area contributed by atoms with E-state index in [1.165, 1.54) is 23.2 Å². The van der Waals surface area contributed by atoms with Crippen LogP contribution in [0.2, 0.25) is 0 Å². The van der Waals surface area contributed by atoms with Crippen LogP contribution in [0.4, 0.5) is 30.9 Å². The van der Waals surface area contributed by atoms with Gasteiger partial charge in [0.15, 0.2) is 6.29 Å². The Labute approximate surface area is 177 Å². The number of aldehydes is 1. The number of carbonyl (C=O) groups is 2. The monoisotopic (exact) mass is 430 g/mol. The third kappa shape index (κ3) is 4.92. The number of ether oxygens (including phenoxy) is 1. The Morgan fingerprint density at radius 2 is 2.26 bits per heavy atom. The molecular formula is C20H20F2N6O3. The molecule has 1 aliphatic heterocycles. The summed E-state index contributed by atoms with van der Waals surface area (Å²) >= 11 is 0. The van der Waals surface area contributed by atoms with Gasteiger partial charge in [0.2, 0.25) is 0 Å². The molecule has 9 nitrogen and oxygen atoms in total. The number of fused-ring (bicyclic) bond motifs is 1. The molecule has 2 aromatic rings. The first kappa shape index (κ1) is 22.0. The van der Waals surface area contributed by atoms with Crippen LogP contribution in [0.5, 0.6) is 0 Å². The van der Waals surface area contributed by atoms with Crippen molar-refractivity contribution in [2.45, 2.75) is 19.3 Å². The number of rotatable bonds is 7. The van der Waals surface area contributed by atoms with E-state index in [2.05, 4.69) is 20.6 Å². The number of aryl methyl sites for hydroxylation is 1. The normalized spacial score (nSPS) is 12.8. The van der Waals surface area contributed by atoms with E-state index in [1.807, 2.05) is 6.07 Å². The van der Waals surface area contributed by atoms with Gasteiger partial charge in [-0.2, -0.15) is 5.26 Å². The van der Waals surface area contributed by atoms with Crippen LogP contribution in [-0.4, -0.2) is 49.1 Å². The molecule has 0 bridgehead atoms. The summed E-state index contributed by atoms with van der Waals surface area (Å²) in [5.74, 6) is 0.359. The van der Waals surface area contributed by atoms with Crippen molar-refractivity contribution >= 4 is 29.6 Å². The summed E-state index contributed by atoms with van der Waals surface area (Å²) in [7, 11) is 1.55. The lowest BCUT2D eigenvalue weighted by Gasteiger charge is -2.29. The number of methoxy groups -OCH3 is 1. The molecule has 31 heavy (non-hydrogen) atoms. The van der Waals surface area contributed by atoms with Crippen LogP contribution in [0.25, 0.3) is 0 Å². The quantitative estimate of drug-likeness (QED) is 0.511. The minimum atomic E-state index is -2.84. The molecule has 0 aromatic carbocycles. The Morgan fingerprint density at radius 3 is 2.94 bits per heavy atom. The number of nitrogens with one attached hydrogen (secondary N) is 2. The van der Waals surface area contributed by atoms with Gasteiger partial charge in [0.05, 0.1) is 17.9 Å². The van der Waals surface area contributed by atoms with E-state index in [-0.39, 0.29) is 17.9 Å². The Morgan fingerprint density at radius 1 is 1.45 bits per heavy atom. The number of urea groups is 1. The third-order valence-electron chi connectivity index (χ3n) is 4.70. The molecule has 0 fully saturated rings. The molecule has 3 rings (SSSR count). The molecule has 0 aliphatic carbocycles. The van der Waals surface area contributed by atoms with Crippen LogP contribution in [0.15, 0.2) is 18.3 Å². The maximum Gasteiger partial charge on any atom is 0.328 e. The van der Waals surface area contributed by atoms with Crippen LogP contribution >= 0.6 is 0 Å². The number of aromatic nitrogens is 2. The summed E-state index contributed by atoms with van der Waals surface area (Å²) in [5, 5.41) is 14.9. The zero-order valence-electron chi connectivity index (χ0n) is 16.7. The first-order chi connectivity index (χ1) is 15.0. The maximum atomic E-state index is 13.2. The molecule has 3 heterocycles. The molecule has 0 spiro atoms. The second-order valence-electron chi connectivity index (χ2n) is 6.70. The first-order valence-electron chi connectivity index (χ1n) is 9.47. The van der Waals surface area contributed by atoms with Crippen LogP contribution < -0.4 is 15.5 Å². The second kappa shape index (κ2) is 9.90. The summed E-state index contributed by atoms with van der Waals surface area (Å²) < 4.78 is 31.4. The first-order valence-corrected chi connectivity index (χ1v) is 9.47. The molecule has 11 heteroatoms. The van der Waals surface area contributed by atoms with E-state index in [9.17, 15) is 23.6 Å². The van der Waals surface area contributed by atoms with Gasteiger partial charge in [-0.25, -0.2) is 23.5 Å². The van der Waals surface area contributed by atoms with E-state index in [0.29, 0.717) is 49.4 Å². The van der Waals surface area contributed by atoms with Gasteiger partial charge in [-0.15, -0.1) is 0 Å². The molecule has 2 amide bonds. The Bertz CT molecular complexity index is 1020. The lowest BCUT2D eigenvalue weighted by atomic mass is 10.0. The SMILES string of the molecule is COCCNc1cc(NC(=O)N2CCCc3cc(C(F)F)c(C=O)nc32)ncc1C#N. The zero-order chi connectivity index (χ0) is 22.4. The van der Waals surface area contributed by atoms with Gasteiger partial charge in [-0.1, -0.05) is 0 Å². The molecular weight excluding hydrogens is 410 g/mol. The second-order valence-corrected chi connectivity index (χ2v) is 6.70. The maximum absolute atomic E-state index is 13.2. The average molecular weight is 430 g/mol. The molecule has 0 radical (unpaired) electrons. The molecule has 0 saturated carbocycles. The summed E-state index contributed by atoms with van der Waals surface area (Å²) in [6.07, 6.45) is -0.239. The number of alkyl halides is 2. The predicted molar refractivity (Wildman–Crippen MR) is 109 cm³/mol. The van der Waals surface area contributed by atoms with Crippen molar-refractivity contribution < 1.29 is 23.1 Å². The minimum Gasteiger partial charge on any atom is -0.383 e. The summed E-state index contributed by atoms with van der Waals surface area (Å²) in [5.41, 5.74) is 0.407. The van der Waals surface area contributed by atoms with E-state index < -0.39 is 23.7 Å². The van der Waals surface area contributed by atoms with Crippen molar-refractivity contribution in [2.75, 3.05) is 42.3 Å². The number of anilines is 3. The van der Waals surface area contributed by atoms with Crippen molar-refractivity contribution in [3.8, 4) is 6.07 Å². The number of pyridine rings is 2. The number of carbonyl (C=O) groups excluding carboxylic acids is 2. The largest absolute Gasteiger partial charge is 0.383 e. The van der Waals surface area contributed by atoms with Crippen LogP contribution in [0.3, 0.4) is 0 Å². The number of nitriles is 1. The van der Waals surface area contributed by atoms with Gasteiger partial charge in [0, 0.05) is 38.0 Å². The summed E-state index contributed by atoms with van der Waals surface area (Å²) in [6, 6.07) is 4.18. The Kier molecular flexibility index (Phi) is 7.04. The third-order valence-corrected chi connectivity index (χ3v) is 4.70. The fraction of sp³-hybridized carbons (Fsp3) is 0.350. The van der Waals surface area contributed by atoms with Gasteiger partial charge in [0.1, 0.15) is 23.4 Å². The molecule has 0 atom stereocenters. The van der Waals surface area contributed by atoms with Crippen molar-refractivity contribution in [3.63, 3.8) is 0 Å². The molecule has 2 N–H and O–H groups in total. The van der Waals surface area contributed by atoms with Crippen LogP contribution in [-0.2, 0) is 11.2 Å². The molecule has 2 aromatic heterocycles. The highest BCUT2D eigenvalue weighted by molar-refractivity contribution is 6.01. The molecule has 162 valence electrons. The average Bonchev–Trinajstić information content (AvgIpc) is 2.78. The van der Waals surface area contributed by atoms with Gasteiger partial charge in [0.25, 0.3) is 6.43 Å². The van der Waals surface area contributed by atoms with Gasteiger partial charge in [-0.05, 0) is 24.5 Å². The number of hydrogen-bond donors (Lipinski definition) is 2. The topological polar surface area (TPSA) is 120 Å². The smallest absolute Gasteiger partial charge is 0.328 e. The van der Waals surface area contributed by atoms with E-state index in [4.69, 9.17) is 4.74 Å². The van der Waals surface area contributed by atoms with E-state index in [0.717, 1.165) is 0 Å². The van der Waals surface area contributed by atoms with Gasteiger partial charge < -0.3 is 10.1 Å². The molecule has 0 saturated heterocycles. The van der Waals surface area contributed by atoms with Crippen molar-refractivity contribution in [1.29, 1.82) is 5.26 Å². The molecule has 0 unspecified atom stereocenters. The number of hydrogen-bond acceptors (Lipinski definition) is 7. The van der Waals surface area contributed by atoms with Crippen LogP contribution in [0, 0.1) is 11.3 Å². The van der Waals surface area contributed by atoms with Crippen molar-refractivity contribution in [2.24, 2.45) is 0 Å². The van der Waals surface area contributed by atoms with Gasteiger partial charge >= 0.3 is 6.03 Å². The Balaban J connectivity index is 1.84. The fourth-order valence-corrected chi connectivity index (χ4v) is 3.22. The highest BCUT2D eigenvalue weighted by Gasteiger charge is 2.28. The predicted octanol–water partition coefficient (Wildman–Crippen LogP) is 3.14. The fourth-order valence-electron chi connectivity index (χ4n) is 3.22. The van der Waals surface area contributed by atoms with Crippen molar-refractivity contribution in [3.05, 3.63) is 40.7 Å². The zero-order valence-corrected chi connectivity index (χ0v) is 16.7. The minimum absolute atomic E-state index is 0.169. The summed E-state index contributed by atoms with van der Waals surface area (Å²) in [4.78, 5) is 33.5. The number of amides is 2. The van der Waals surface area contributed by atoms with E-state index in [1.54, 1.807) is 7.11 Å². The van der Waals surface area contributed by atoms with Crippen molar-refractivity contribution in [1.82, 2.24) is 9.97 Å². The van der Waals surface area contributed by atoms with E-state index >= 15 is 0 Å². The van der Waals surface area contributed by atoms with Gasteiger partial charge in [-0.3, -0.25) is 15.0 Å². The molecule has 1 aliphatic rings. The lowest BCUT2D eigenvalue weighted by molar-refractivity contribution is 0.110. The summed E-state index contributed by atoms with van der Waals surface area (Å²) in [6.45, 7) is 1.17. The van der Waals surface area contributed by atoms with Crippen LogP contribution in [0.1, 0.15) is 40.0 Å². The number of nitrogens with zero attached hydrogens (tertiary/aromatic N) is 4. The highest BCUT2D eigenvalue weighted by atomic mass is 19.3. The standard InChI is InChI=1S/C20H20F2N6O3/c1-31-6-4-24-15-8-17(25-10-13(15)9-23)27-20(30)28-5-2-3-12-7-14(18(21)22)16(11-29)26-19(12)28/h7-8,10-11,18H,2-6H2,1H3,(H2,24,25,27,30). The lowest BCUT2D eigenvalue weighted by Crippen LogP contribution is -2.40.